The molecule has 1 aromatic carbocycles. The summed E-state index contributed by atoms with van der Waals surface area (Å²) in [6, 6.07) is 8.74. The molecule has 0 radical (unpaired) electrons. The van der Waals surface area contributed by atoms with E-state index in [0.717, 1.165) is 43.4 Å². The SMILES string of the molecule is CC(C)c1ccccc1N(C(=O)Nc1ncc(Br)cc1C(F)F)C1CCCCC1. The van der Waals surface area contributed by atoms with Crippen LogP contribution in [0.25, 0.3) is 0 Å². The number of para-hydroxylation sites is 1. The first-order valence-corrected chi connectivity index (χ1v) is 10.8. The van der Waals surface area contributed by atoms with Crippen molar-refractivity contribution in [1.29, 1.82) is 0 Å². The largest absolute Gasteiger partial charge is 0.327 e. The van der Waals surface area contributed by atoms with E-state index in [0.29, 0.717) is 4.47 Å². The van der Waals surface area contributed by atoms with Crippen LogP contribution in [0.1, 0.15) is 69.4 Å². The number of pyridine rings is 1. The number of anilines is 2. The minimum absolute atomic E-state index is 0.0362. The summed E-state index contributed by atoms with van der Waals surface area (Å²) in [5.41, 5.74) is 1.60. The van der Waals surface area contributed by atoms with E-state index in [1.54, 1.807) is 4.90 Å². The Hall–Kier alpha value is -2.02. The van der Waals surface area contributed by atoms with Gasteiger partial charge >= 0.3 is 6.03 Å². The normalized spacial score (nSPS) is 15.0. The van der Waals surface area contributed by atoms with Gasteiger partial charge in [0.1, 0.15) is 5.82 Å². The monoisotopic (exact) mass is 465 g/mol. The number of urea groups is 1. The molecule has 1 heterocycles. The van der Waals surface area contributed by atoms with Gasteiger partial charge in [-0.05, 0) is 52.4 Å². The van der Waals surface area contributed by atoms with Gasteiger partial charge in [-0.15, -0.1) is 0 Å². The molecule has 1 aliphatic rings. The Labute approximate surface area is 178 Å². The number of halogens is 3. The first-order chi connectivity index (χ1) is 13.9. The van der Waals surface area contributed by atoms with Crippen molar-refractivity contribution in [3.05, 3.63) is 52.1 Å². The van der Waals surface area contributed by atoms with Gasteiger partial charge in [-0.1, -0.05) is 51.3 Å². The molecule has 0 spiro atoms. The summed E-state index contributed by atoms with van der Waals surface area (Å²) in [6.45, 7) is 4.17. The molecule has 1 saturated carbocycles. The minimum Gasteiger partial charge on any atom is -0.291 e. The lowest BCUT2D eigenvalue weighted by Crippen LogP contribution is -2.45. The zero-order valence-corrected chi connectivity index (χ0v) is 18.3. The number of carbonyl (C=O) groups is 1. The van der Waals surface area contributed by atoms with Crippen LogP contribution in [0.2, 0.25) is 0 Å². The van der Waals surface area contributed by atoms with Gasteiger partial charge in [-0.3, -0.25) is 10.2 Å². The highest BCUT2D eigenvalue weighted by Crippen LogP contribution is 2.34. The maximum absolute atomic E-state index is 13.5. The highest BCUT2D eigenvalue weighted by atomic mass is 79.9. The zero-order chi connectivity index (χ0) is 21.0. The average molecular weight is 466 g/mol. The fraction of sp³-hybridized carbons (Fsp3) is 0.455. The van der Waals surface area contributed by atoms with Crippen molar-refractivity contribution >= 4 is 33.5 Å². The summed E-state index contributed by atoms with van der Waals surface area (Å²) in [5.74, 6) is 0.128. The summed E-state index contributed by atoms with van der Waals surface area (Å²) >= 11 is 3.17. The predicted octanol–water partition coefficient (Wildman–Crippen LogP) is 7.28. The predicted molar refractivity (Wildman–Crippen MR) is 116 cm³/mol. The summed E-state index contributed by atoms with van der Waals surface area (Å²) < 4.78 is 27.4. The molecule has 3 rings (SSSR count). The van der Waals surface area contributed by atoms with Crippen LogP contribution in [-0.2, 0) is 0 Å². The first-order valence-electron chi connectivity index (χ1n) is 10.0. The van der Waals surface area contributed by atoms with Crippen molar-refractivity contribution in [2.24, 2.45) is 0 Å². The minimum atomic E-state index is -2.73. The van der Waals surface area contributed by atoms with E-state index < -0.39 is 12.5 Å². The Bertz CT molecular complexity index is 854. The fourth-order valence-electron chi connectivity index (χ4n) is 3.89. The second-order valence-corrected chi connectivity index (χ2v) is 8.61. The molecule has 4 nitrogen and oxygen atoms in total. The van der Waals surface area contributed by atoms with E-state index in [1.807, 2.05) is 24.3 Å². The van der Waals surface area contributed by atoms with Crippen molar-refractivity contribution < 1.29 is 13.6 Å². The third-order valence-corrected chi connectivity index (χ3v) is 5.75. The van der Waals surface area contributed by atoms with Gasteiger partial charge in [0.2, 0.25) is 0 Å². The molecule has 156 valence electrons. The molecule has 7 heteroatoms. The lowest BCUT2D eigenvalue weighted by molar-refractivity contribution is 0.151. The number of hydrogen-bond donors (Lipinski definition) is 1. The molecular weight excluding hydrogens is 440 g/mol. The lowest BCUT2D eigenvalue weighted by Gasteiger charge is -2.36. The smallest absolute Gasteiger partial charge is 0.291 e. The Balaban J connectivity index is 1.98. The number of nitrogens with one attached hydrogen (secondary N) is 1. The Kier molecular flexibility index (Phi) is 7.22. The molecule has 29 heavy (non-hydrogen) atoms. The summed E-state index contributed by atoms with van der Waals surface area (Å²) in [7, 11) is 0. The molecule has 2 amide bonds. The van der Waals surface area contributed by atoms with Gasteiger partial charge in [0.25, 0.3) is 6.43 Å². The van der Waals surface area contributed by atoms with Crippen LogP contribution in [0.4, 0.5) is 25.1 Å². The maximum atomic E-state index is 13.5. The molecule has 1 N–H and O–H groups in total. The van der Waals surface area contributed by atoms with Crippen molar-refractivity contribution in [3.63, 3.8) is 0 Å². The van der Waals surface area contributed by atoms with Gasteiger partial charge in [0.15, 0.2) is 0 Å². The van der Waals surface area contributed by atoms with Gasteiger partial charge < -0.3 is 0 Å². The average Bonchev–Trinajstić information content (AvgIpc) is 2.70. The molecule has 0 aliphatic heterocycles. The fourth-order valence-corrected chi connectivity index (χ4v) is 4.24. The number of hydrogen-bond acceptors (Lipinski definition) is 2. The topological polar surface area (TPSA) is 45.2 Å². The van der Waals surface area contributed by atoms with Crippen molar-refractivity contribution in [1.82, 2.24) is 4.98 Å². The third kappa shape index (κ3) is 5.13. The van der Waals surface area contributed by atoms with Crippen molar-refractivity contribution in [2.45, 2.75) is 64.3 Å². The number of amides is 2. The number of benzene rings is 1. The highest BCUT2D eigenvalue weighted by Gasteiger charge is 2.30. The van der Waals surface area contributed by atoms with E-state index >= 15 is 0 Å². The standard InChI is InChI=1S/C22H26BrF2N3O/c1-14(2)17-10-6-7-11-19(17)28(16-8-4-3-5-9-16)22(29)27-21-18(20(24)25)12-15(23)13-26-21/h6-7,10-14,16,20H,3-5,8-9H2,1-2H3,(H,26,27,29). The molecule has 2 aromatic rings. The van der Waals surface area contributed by atoms with Crippen LogP contribution in [0, 0.1) is 0 Å². The van der Waals surface area contributed by atoms with Crippen LogP contribution >= 0.6 is 15.9 Å². The van der Waals surface area contributed by atoms with Crippen LogP contribution in [0.15, 0.2) is 41.0 Å². The number of rotatable bonds is 5. The lowest BCUT2D eigenvalue weighted by atomic mass is 9.92. The van der Waals surface area contributed by atoms with E-state index in [1.165, 1.54) is 12.3 Å². The third-order valence-electron chi connectivity index (χ3n) is 5.32. The van der Waals surface area contributed by atoms with Gasteiger partial charge in [0, 0.05) is 22.4 Å². The summed E-state index contributed by atoms with van der Waals surface area (Å²) in [5, 5.41) is 2.66. The second-order valence-electron chi connectivity index (χ2n) is 7.70. The molecule has 0 bridgehead atoms. The van der Waals surface area contributed by atoms with Crippen molar-refractivity contribution in [2.75, 3.05) is 10.2 Å². The van der Waals surface area contributed by atoms with E-state index in [2.05, 4.69) is 40.1 Å². The zero-order valence-electron chi connectivity index (χ0n) is 16.7. The van der Waals surface area contributed by atoms with E-state index in [4.69, 9.17) is 0 Å². The molecule has 0 atom stereocenters. The summed E-state index contributed by atoms with van der Waals surface area (Å²) in [6.07, 6.45) is 3.73. The molecule has 0 saturated heterocycles. The first kappa shape index (κ1) is 21.7. The molecule has 1 aliphatic carbocycles. The number of alkyl halides is 2. The Morgan fingerprint density at radius 2 is 1.86 bits per heavy atom. The maximum Gasteiger partial charge on any atom is 0.327 e. The van der Waals surface area contributed by atoms with Gasteiger partial charge in [-0.2, -0.15) is 0 Å². The second kappa shape index (κ2) is 9.65. The molecule has 1 aromatic heterocycles. The van der Waals surface area contributed by atoms with Crippen LogP contribution in [-0.4, -0.2) is 17.1 Å². The van der Waals surface area contributed by atoms with Crippen LogP contribution in [0.5, 0.6) is 0 Å². The van der Waals surface area contributed by atoms with E-state index in [9.17, 15) is 13.6 Å². The Morgan fingerprint density at radius 1 is 1.17 bits per heavy atom. The molecule has 0 unspecified atom stereocenters. The van der Waals surface area contributed by atoms with Gasteiger partial charge in [0.05, 0.1) is 5.56 Å². The highest BCUT2D eigenvalue weighted by molar-refractivity contribution is 9.10. The molecular formula is C22H26BrF2N3O. The number of nitrogens with zero attached hydrogens (tertiary/aromatic N) is 2. The van der Waals surface area contributed by atoms with Crippen LogP contribution < -0.4 is 10.2 Å². The quantitative estimate of drug-likeness (QED) is 0.504. The van der Waals surface area contributed by atoms with Crippen LogP contribution in [0.3, 0.4) is 0 Å². The van der Waals surface area contributed by atoms with E-state index in [-0.39, 0.29) is 23.3 Å². The van der Waals surface area contributed by atoms with Gasteiger partial charge in [-0.25, -0.2) is 18.6 Å². The molecule has 1 fully saturated rings. The Morgan fingerprint density at radius 3 is 2.52 bits per heavy atom. The van der Waals surface area contributed by atoms with Crippen molar-refractivity contribution in [3.8, 4) is 0 Å². The number of carbonyl (C=O) groups excluding carboxylic acids is 1. The number of aromatic nitrogens is 1. The summed E-state index contributed by atoms with van der Waals surface area (Å²) in [4.78, 5) is 19.2.